The van der Waals surface area contributed by atoms with E-state index in [-0.39, 0.29) is 5.60 Å². The summed E-state index contributed by atoms with van der Waals surface area (Å²) in [4.78, 5) is 16.3. The second-order valence-corrected chi connectivity index (χ2v) is 9.83. The van der Waals surface area contributed by atoms with Crippen LogP contribution in [-0.2, 0) is 24.3 Å². The van der Waals surface area contributed by atoms with Crippen LogP contribution in [0.15, 0.2) is 29.7 Å². The van der Waals surface area contributed by atoms with Crippen LogP contribution in [0.2, 0.25) is 0 Å². The Bertz CT molecular complexity index is 956. The molecule has 148 valence electrons. The Labute approximate surface area is 174 Å². The predicted octanol–water partition coefficient (Wildman–Crippen LogP) is 5.44. The van der Waals surface area contributed by atoms with Crippen molar-refractivity contribution in [2.75, 3.05) is 11.1 Å². The second-order valence-electron chi connectivity index (χ2n) is 7.68. The lowest BCUT2D eigenvalue weighted by Gasteiger charge is -2.30. The van der Waals surface area contributed by atoms with Crippen molar-refractivity contribution in [3.63, 3.8) is 0 Å². The molecule has 7 heteroatoms. The molecule has 0 atom stereocenters. The Balaban J connectivity index is 1.71. The first-order valence-electron chi connectivity index (χ1n) is 9.77. The second kappa shape index (κ2) is 8.35. The van der Waals surface area contributed by atoms with Crippen molar-refractivity contribution in [1.29, 1.82) is 0 Å². The molecule has 0 amide bonds. The first-order chi connectivity index (χ1) is 13.6. The number of nitrogens with one attached hydrogen (secondary N) is 1. The van der Waals surface area contributed by atoms with Gasteiger partial charge in [-0.3, -0.25) is 4.98 Å². The fourth-order valence-electron chi connectivity index (χ4n) is 3.31. The highest BCUT2D eigenvalue weighted by molar-refractivity contribution is 7.99. The fourth-order valence-corrected chi connectivity index (χ4v) is 5.40. The first kappa shape index (κ1) is 19.6. The van der Waals surface area contributed by atoms with Crippen molar-refractivity contribution in [2.45, 2.75) is 63.9 Å². The van der Waals surface area contributed by atoms with Crippen LogP contribution in [0.4, 0.5) is 5.82 Å². The number of unbranched alkanes of at least 4 members (excludes halogenated alkanes) is 1. The van der Waals surface area contributed by atoms with Crippen LogP contribution < -0.4 is 5.32 Å². The molecule has 0 saturated carbocycles. The van der Waals surface area contributed by atoms with E-state index in [0.717, 1.165) is 33.5 Å². The number of fused-ring (bicyclic) bond motifs is 3. The maximum Gasteiger partial charge on any atom is 0.190 e. The van der Waals surface area contributed by atoms with Crippen molar-refractivity contribution < 1.29 is 4.74 Å². The summed E-state index contributed by atoms with van der Waals surface area (Å²) in [5, 5.41) is 5.58. The Morgan fingerprint density at radius 2 is 2.21 bits per heavy atom. The summed E-state index contributed by atoms with van der Waals surface area (Å²) in [6, 6.07) is 4.04. The van der Waals surface area contributed by atoms with Crippen LogP contribution >= 0.6 is 23.1 Å². The molecule has 4 rings (SSSR count). The van der Waals surface area contributed by atoms with E-state index in [1.165, 1.54) is 28.7 Å². The molecule has 1 aliphatic heterocycles. The van der Waals surface area contributed by atoms with Gasteiger partial charge in [0.25, 0.3) is 0 Å². The van der Waals surface area contributed by atoms with E-state index in [4.69, 9.17) is 14.7 Å². The van der Waals surface area contributed by atoms with E-state index in [1.54, 1.807) is 29.3 Å². The lowest BCUT2D eigenvalue weighted by atomic mass is 9.94. The number of hydrogen-bond acceptors (Lipinski definition) is 7. The summed E-state index contributed by atoms with van der Waals surface area (Å²) in [5.74, 6) is 1.98. The van der Waals surface area contributed by atoms with Gasteiger partial charge >= 0.3 is 0 Å². The molecule has 0 saturated heterocycles. The van der Waals surface area contributed by atoms with Crippen LogP contribution in [0.5, 0.6) is 0 Å². The summed E-state index contributed by atoms with van der Waals surface area (Å²) in [7, 11) is 0. The molecule has 4 heterocycles. The normalized spacial score (nSPS) is 15.5. The Kier molecular flexibility index (Phi) is 5.85. The molecule has 3 aromatic heterocycles. The molecule has 1 N–H and O–H groups in total. The van der Waals surface area contributed by atoms with E-state index in [1.807, 2.05) is 12.3 Å². The topological polar surface area (TPSA) is 59.9 Å². The zero-order chi connectivity index (χ0) is 19.6. The molecule has 0 bridgehead atoms. The summed E-state index contributed by atoms with van der Waals surface area (Å²) in [6.07, 6.45) is 6.93. The molecule has 0 aliphatic carbocycles. The van der Waals surface area contributed by atoms with Crippen LogP contribution in [0.25, 0.3) is 10.2 Å². The lowest BCUT2D eigenvalue weighted by Crippen LogP contribution is -2.31. The molecule has 0 aromatic carbocycles. The van der Waals surface area contributed by atoms with Gasteiger partial charge in [-0.15, -0.1) is 11.3 Å². The standard InChI is InChI=1S/C21H26N4OS2/c1-4-5-9-27-20-24-18(23-12-14-7-6-8-22-11-14)17-15-10-21(2,3)26-13-16(15)28-19(17)25-20/h6-8,11H,4-5,9-10,12-13H2,1-3H3,(H,23,24,25). The number of rotatable bonds is 7. The SMILES string of the molecule is CCCCSc1nc(NCc2cccnc2)c2c3c(sc2n1)COC(C)(C)C3. The number of ether oxygens (including phenoxy) is 1. The van der Waals surface area contributed by atoms with Gasteiger partial charge in [0.2, 0.25) is 0 Å². The van der Waals surface area contributed by atoms with Gasteiger partial charge in [-0.2, -0.15) is 0 Å². The van der Waals surface area contributed by atoms with Gasteiger partial charge in [0.05, 0.1) is 17.6 Å². The molecule has 1 aliphatic rings. The summed E-state index contributed by atoms with van der Waals surface area (Å²) < 4.78 is 6.03. The van der Waals surface area contributed by atoms with Gasteiger partial charge in [0.15, 0.2) is 5.16 Å². The van der Waals surface area contributed by atoms with E-state index < -0.39 is 0 Å². The zero-order valence-electron chi connectivity index (χ0n) is 16.6. The number of aromatic nitrogens is 3. The van der Waals surface area contributed by atoms with E-state index >= 15 is 0 Å². The Hall–Kier alpha value is -1.70. The third-order valence-electron chi connectivity index (χ3n) is 4.82. The average molecular weight is 415 g/mol. The van der Waals surface area contributed by atoms with Gasteiger partial charge in [-0.1, -0.05) is 31.2 Å². The van der Waals surface area contributed by atoms with Crippen molar-refractivity contribution in [1.82, 2.24) is 15.0 Å². The predicted molar refractivity (Wildman–Crippen MR) is 117 cm³/mol. The first-order valence-corrected chi connectivity index (χ1v) is 11.6. The number of thioether (sulfide) groups is 1. The van der Waals surface area contributed by atoms with Crippen LogP contribution in [0.3, 0.4) is 0 Å². The third kappa shape index (κ3) is 4.31. The minimum absolute atomic E-state index is 0.157. The Morgan fingerprint density at radius 1 is 1.32 bits per heavy atom. The molecule has 0 unspecified atom stereocenters. The number of nitrogens with zero attached hydrogens (tertiary/aromatic N) is 3. The van der Waals surface area contributed by atoms with Crippen molar-refractivity contribution in [3.8, 4) is 0 Å². The van der Waals surface area contributed by atoms with Gasteiger partial charge in [-0.25, -0.2) is 9.97 Å². The number of pyridine rings is 1. The fraction of sp³-hybridized carbons (Fsp3) is 0.476. The maximum absolute atomic E-state index is 6.03. The highest BCUT2D eigenvalue weighted by Gasteiger charge is 2.31. The molecular weight excluding hydrogens is 388 g/mol. The number of anilines is 1. The largest absolute Gasteiger partial charge is 0.370 e. The van der Waals surface area contributed by atoms with Crippen LogP contribution in [-0.4, -0.2) is 26.3 Å². The van der Waals surface area contributed by atoms with Crippen molar-refractivity contribution in [3.05, 3.63) is 40.5 Å². The average Bonchev–Trinajstić information content (AvgIpc) is 3.04. The highest BCUT2D eigenvalue weighted by atomic mass is 32.2. The third-order valence-corrected chi connectivity index (χ3v) is 6.85. The molecule has 28 heavy (non-hydrogen) atoms. The van der Waals surface area contributed by atoms with Gasteiger partial charge in [-0.05, 0) is 37.5 Å². The molecular formula is C21H26N4OS2. The van der Waals surface area contributed by atoms with Crippen molar-refractivity contribution in [2.24, 2.45) is 0 Å². The highest BCUT2D eigenvalue weighted by Crippen LogP contribution is 2.41. The lowest BCUT2D eigenvalue weighted by molar-refractivity contribution is -0.0379. The number of thiophene rings is 1. The summed E-state index contributed by atoms with van der Waals surface area (Å²) in [5.41, 5.74) is 2.33. The van der Waals surface area contributed by atoms with Gasteiger partial charge in [0.1, 0.15) is 10.6 Å². The van der Waals surface area contributed by atoms with E-state index in [0.29, 0.717) is 13.2 Å². The van der Waals surface area contributed by atoms with Gasteiger partial charge in [0, 0.05) is 36.0 Å². The molecule has 3 aromatic rings. The summed E-state index contributed by atoms with van der Waals surface area (Å²) >= 11 is 3.49. The smallest absolute Gasteiger partial charge is 0.190 e. The Morgan fingerprint density at radius 3 is 3.00 bits per heavy atom. The van der Waals surface area contributed by atoms with Crippen LogP contribution in [0.1, 0.15) is 49.6 Å². The van der Waals surface area contributed by atoms with Gasteiger partial charge < -0.3 is 10.1 Å². The quantitative estimate of drug-likeness (QED) is 0.315. The monoisotopic (exact) mass is 414 g/mol. The van der Waals surface area contributed by atoms with E-state index in [9.17, 15) is 0 Å². The van der Waals surface area contributed by atoms with Crippen molar-refractivity contribution >= 4 is 39.1 Å². The molecule has 5 nitrogen and oxygen atoms in total. The van der Waals surface area contributed by atoms with Crippen LogP contribution in [0, 0.1) is 0 Å². The minimum atomic E-state index is -0.157. The molecule has 0 fully saturated rings. The number of hydrogen-bond donors (Lipinski definition) is 1. The maximum atomic E-state index is 6.03. The zero-order valence-corrected chi connectivity index (χ0v) is 18.3. The molecule has 0 spiro atoms. The minimum Gasteiger partial charge on any atom is -0.370 e. The van der Waals surface area contributed by atoms with E-state index in [2.05, 4.69) is 37.1 Å². The molecule has 0 radical (unpaired) electrons. The summed E-state index contributed by atoms with van der Waals surface area (Å²) in [6.45, 7) is 7.86.